The summed E-state index contributed by atoms with van der Waals surface area (Å²) >= 11 is 3.29. The summed E-state index contributed by atoms with van der Waals surface area (Å²) in [5.74, 6) is 1.35. The fourth-order valence-corrected chi connectivity index (χ4v) is 4.41. The number of carbonyl (C=O) groups is 2. The molecule has 0 aliphatic carbocycles. The molecular formula is C13H16N2O2S2. The Morgan fingerprint density at radius 3 is 3.05 bits per heavy atom. The Bertz CT molecular complexity index is 475. The van der Waals surface area contributed by atoms with E-state index in [9.17, 15) is 9.59 Å². The van der Waals surface area contributed by atoms with E-state index in [1.54, 1.807) is 28.0 Å². The molecule has 102 valence electrons. The number of carbonyl (C=O) groups excluding carboxylic acids is 2. The minimum Gasteiger partial charge on any atom is -0.333 e. The number of rotatable bonds is 3. The zero-order valence-corrected chi connectivity index (χ0v) is 12.2. The third kappa shape index (κ3) is 2.65. The molecule has 2 amide bonds. The van der Waals surface area contributed by atoms with E-state index in [1.165, 1.54) is 4.88 Å². The number of likely N-dealkylation sites (tertiary alicyclic amines) is 1. The fraction of sp³-hybridized carbons (Fsp3) is 0.538. The maximum absolute atomic E-state index is 12.4. The van der Waals surface area contributed by atoms with E-state index in [4.69, 9.17) is 0 Å². The quantitative estimate of drug-likeness (QED) is 0.856. The van der Waals surface area contributed by atoms with Gasteiger partial charge in [0.05, 0.1) is 17.7 Å². The maximum Gasteiger partial charge on any atom is 0.242 e. The molecule has 0 N–H and O–H groups in total. The van der Waals surface area contributed by atoms with Gasteiger partial charge in [-0.15, -0.1) is 23.1 Å². The van der Waals surface area contributed by atoms with Gasteiger partial charge in [-0.2, -0.15) is 0 Å². The van der Waals surface area contributed by atoms with Gasteiger partial charge in [0, 0.05) is 11.4 Å². The van der Waals surface area contributed by atoms with Crippen LogP contribution in [-0.2, 0) is 9.59 Å². The predicted molar refractivity (Wildman–Crippen MR) is 77.0 cm³/mol. The highest BCUT2D eigenvalue weighted by atomic mass is 32.2. The molecule has 0 saturated carbocycles. The molecule has 1 aromatic heterocycles. The van der Waals surface area contributed by atoms with Crippen LogP contribution in [0.3, 0.4) is 0 Å². The molecule has 2 aliphatic heterocycles. The number of hydrogen-bond donors (Lipinski definition) is 0. The lowest BCUT2D eigenvalue weighted by Gasteiger charge is -2.26. The first kappa shape index (κ1) is 13.0. The van der Waals surface area contributed by atoms with Gasteiger partial charge in [-0.25, -0.2) is 0 Å². The number of thioether (sulfide) groups is 1. The summed E-state index contributed by atoms with van der Waals surface area (Å²) in [6, 6.07) is 4.34. The van der Waals surface area contributed by atoms with Crippen molar-refractivity contribution in [1.82, 2.24) is 9.80 Å². The van der Waals surface area contributed by atoms with Crippen LogP contribution in [0.2, 0.25) is 0 Å². The summed E-state index contributed by atoms with van der Waals surface area (Å²) in [6.07, 6.45) is 2.09. The molecule has 0 radical (unpaired) electrons. The Kier molecular flexibility index (Phi) is 3.79. The van der Waals surface area contributed by atoms with Crippen LogP contribution in [0, 0.1) is 0 Å². The molecule has 3 heterocycles. The van der Waals surface area contributed by atoms with Crippen molar-refractivity contribution < 1.29 is 9.59 Å². The average Bonchev–Trinajstić information content (AvgIpc) is 3.09. The summed E-state index contributed by atoms with van der Waals surface area (Å²) in [7, 11) is 0. The van der Waals surface area contributed by atoms with Crippen molar-refractivity contribution in [3.8, 4) is 0 Å². The minimum absolute atomic E-state index is 0.0882. The topological polar surface area (TPSA) is 40.6 Å². The van der Waals surface area contributed by atoms with Crippen LogP contribution in [0.1, 0.15) is 23.8 Å². The van der Waals surface area contributed by atoms with E-state index in [1.807, 2.05) is 11.0 Å². The standard InChI is InChI=1S/C13H16N2O2S2/c16-12(7-14-9-18-8-13(14)17)15-5-1-3-10(15)11-4-2-6-19-11/h2,4,6,10H,1,3,5,7-9H2/t10-/m1/s1. The Labute approximate surface area is 120 Å². The molecule has 0 aromatic carbocycles. The van der Waals surface area contributed by atoms with Gasteiger partial charge in [0.2, 0.25) is 11.8 Å². The van der Waals surface area contributed by atoms with Crippen LogP contribution in [0.25, 0.3) is 0 Å². The Morgan fingerprint density at radius 2 is 2.37 bits per heavy atom. The van der Waals surface area contributed by atoms with E-state index in [-0.39, 0.29) is 24.4 Å². The van der Waals surface area contributed by atoms with Gasteiger partial charge in [-0.05, 0) is 24.3 Å². The second kappa shape index (κ2) is 5.54. The van der Waals surface area contributed by atoms with Crippen LogP contribution >= 0.6 is 23.1 Å². The van der Waals surface area contributed by atoms with Crippen molar-refractivity contribution in [1.29, 1.82) is 0 Å². The zero-order chi connectivity index (χ0) is 13.2. The first-order chi connectivity index (χ1) is 9.25. The summed E-state index contributed by atoms with van der Waals surface area (Å²) in [5.41, 5.74) is 0. The second-order valence-corrected chi connectivity index (χ2v) is 6.76. The van der Waals surface area contributed by atoms with Crippen LogP contribution in [0.4, 0.5) is 0 Å². The average molecular weight is 296 g/mol. The molecule has 2 aliphatic rings. The number of amides is 2. The number of nitrogens with zero attached hydrogens (tertiary/aromatic N) is 2. The van der Waals surface area contributed by atoms with E-state index in [0.29, 0.717) is 11.6 Å². The molecule has 3 rings (SSSR count). The molecule has 6 heteroatoms. The highest BCUT2D eigenvalue weighted by molar-refractivity contribution is 8.00. The van der Waals surface area contributed by atoms with Crippen molar-refractivity contribution in [2.45, 2.75) is 18.9 Å². The van der Waals surface area contributed by atoms with E-state index in [0.717, 1.165) is 19.4 Å². The predicted octanol–water partition coefficient (Wildman–Crippen LogP) is 1.94. The fourth-order valence-electron chi connectivity index (χ4n) is 2.64. The smallest absolute Gasteiger partial charge is 0.242 e. The molecule has 1 aromatic rings. The second-order valence-electron chi connectivity index (χ2n) is 4.83. The first-order valence-corrected chi connectivity index (χ1v) is 8.47. The zero-order valence-electron chi connectivity index (χ0n) is 10.6. The monoisotopic (exact) mass is 296 g/mol. The van der Waals surface area contributed by atoms with Gasteiger partial charge in [0.15, 0.2) is 0 Å². The third-order valence-corrected chi connectivity index (χ3v) is 5.52. The molecule has 0 spiro atoms. The van der Waals surface area contributed by atoms with Crippen LogP contribution in [0.5, 0.6) is 0 Å². The number of hydrogen-bond acceptors (Lipinski definition) is 4. The Balaban J connectivity index is 1.67. The lowest BCUT2D eigenvalue weighted by Crippen LogP contribution is -2.40. The van der Waals surface area contributed by atoms with Gasteiger partial charge in [0.25, 0.3) is 0 Å². The largest absolute Gasteiger partial charge is 0.333 e. The maximum atomic E-state index is 12.4. The van der Waals surface area contributed by atoms with Crippen molar-refractivity contribution in [2.75, 3.05) is 24.7 Å². The number of thiophene rings is 1. The summed E-state index contributed by atoms with van der Waals surface area (Å²) in [6.45, 7) is 1.06. The molecule has 0 unspecified atom stereocenters. The van der Waals surface area contributed by atoms with Crippen molar-refractivity contribution in [3.05, 3.63) is 22.4 Å². The molecular weight excluding hydrogens is 280 g/mol. The van der Waals surface area contributed by atoms with Crippen molar-refractivity contribution >= 4 is 34.9 Å². The highest BCUT2D eigenvalue weighted by Gasteiger charge is 2.32. The highest BCUT2D eigenvalue weighted by Crippen LogP contribution is 2.34. The molecule has 0 bridgehead atoms. The minimum atomic E-state index is 0.0882. The Hall–Kier alpha value is -1.01. The van der Waals surface area contributed by atoms with Gasteiger partial charge in [0.1, 0.15) is 6.54 Å². The SMILES string of the molecule is O=C1CSCN1CC(=O)N1CCC[C@@H]1c1cccs1. The van der Waals surface area contributed by atoms with Crippen molar-refractivity contribution in [2.24, 2.45) is 0 Å². The first-order valence-electron chi connectivity index (χ1n) is 6.44. The van der Waals surface area contributed by atoms with Gasteiger partial charge in [-0.1, -0.05) is 6.07 Å². The molecule has 4 nitrogen and oxygen atoms in total. The van der Waals surface area contributed by atoms with Gasteiger partial charge >= 0.3 is 0 Å². The van der Waals surface area contributed by atoms with Gasteiger partial charge < -0.3 is 9.80 Å². The van der Waals surface area contributed by atoms with E-state index in [2.05, 4.69) is 11.4 Å². The lowest BCUT2D eigenvalue weighted by atomic mass is 10.2. The normalized spacial score (nSPS) is 23.4. The van der Waals surface area contributed by atoms with Crippen LogP contribution in [-0.4, -0.2) is 46.3 Å². The third-order valence-electron chi connectivity index (χ3n) is 3.60. The van der Waals surface area contributed by atoms with E-state index >= 15 is 0 Å². The Morgan fingerprint density at radius 1 is 1.47 bits per heavy atom. The van der Waals surface area contributed by atoms with E-state index < -0.39 is 0 Å². The molecule has 19 heavy (non-hydrogen) atoms. The lowest BCUT2D eigenvalue weighted by molar-refractivity contribution is -0.138. The summed E-state index contributed by atoms with van der Waals surface area (Å²) in [4.78, 5) is 28.8. The van der Waals surface area contributed by atoms with Gasteiger partial charge in [-0.3, -0.25) is 9.59 Å². The molecule has 2 saturated heterocycles. The summed E-state index contributed by atoms with van der Waals surface area (Å²) in [5, 5.41) is 2.05. The van der Waals surface area contributed by atoms with Crippen molar-refractivity contribution in [3.63, 3.8) is 0 Å². The molecule has 2 fully saturated rings. The van der Waals surface area contributed by atoms with Crippen LogP contribution < -0.4 is 0 Å². The summed E-state index contributed by atoms with van der Waals surface area (Å²) < 4.78 is 0. The van der Waals surface area contributed by atoms with Crippen LogP contribution in [0.15, 0.2) is 17.5 Å². The molecule has 1 atom stereocenters.